The number of carboxylic acid groups (broad SMARTS) is 1. The average molecular weight is 258 g/mol. The van der Waals surface area contributed by atoms with E-state index >= 15 is 0 Å². The first-order chi connectivity index (χ1) is 9.19. The van der Waals surface area contributed by atoms with Crippen LogP contribution in [0.4, 0.5) is 0 Å². The number of hydrogen-bond acceptors (Lipinski definition) is 3. The average Bonchev–Trinajstić information content (AvgIpc) is 2.90. The number of benzene rings is 1. The second kappa shape index (κ2) is 5.86. The van der Waals surface area contributed by atoms with Crippen LogP contribution in [-0.2, 0) is 11.3 Å². The Bertz CT molecular complexity index is 589. The lowest BCUT2D eigenvalue weighted by Gasteiger charge is -2.09. The van der Waals surface area contributed by atoms with Crippen molar-refractivity contribution in [2.24, 2.45) is 0 Å². The zero-order valence-corrected chi connectivity index (χ0v) is 10.5. The van der Waals surface area contributed by atoms with E-state index in [4.69, 9.17) is 9.84 Å². The summed E-state index contributed by atoms with van der Waals surface area (Å²) in [6.07, 6.45) is 6.24. The van der Waals surface area contributed by atoms with Crippen LogP contribution in [0.3, 0.4) is 0 Å². The summed E-state index contributed by atoms with van der Waals surface area (Å²) in [6, 6.07) is 7.35. The number of carboxylic acids is 1. The minimum absolute atomic E-state index is 0.559. The molecule has 0 amide bonds. The van der Waals surface area contributed by atoms with Crippen molar-refractivity contribution in [2.45, 2.75) is 6.54 Å². The van der Waals surface area contributed by atoms with E-state index in [9.17, 15) is 4.79 Å². The summed E-state index contributed by atoms with van der Waals surface area (Å²) in [5, 5.41) is 12.8. The molecule has 98 valence electrons. The Labute approximate surface area is 110 Å². The Morgan fingerprint density at radius 1 is 1.53 bits per heavy atom. The molecule has 0 bridgehead atoms. The molecule has 19 heavy (non-hydrogen) atoms. The maximum atomic E-state index is 10.6. The van der Waals surface area contributed by atoms with E-state index in [1.807, 2.05) is 24.4 Å². The van der Waals surface area contributed by atoms with Crippen LogP contribution >= 0.6 is 0 Å². The summed E-state index contributed by atoms with van der Waals surface area (Å²) >= 11 is 0. The van der Waals surface area contributed by atoms with E-state index in [2.05, 4.69) is 5.10 Å². The second-order valence-corrected chi connectivity index (χ2v) is 3.94. The van der Waals surface area contributed by atoms with Gasteiger partial charge < -0.3 is 9.84 Å². The molecule has 0 atom stereocenters. The van der Waals surface area contributed by atoms with Crippen molar-refractivity contribution >= 4 is 12.0 Å². The van der Waals surface area contributed by atoms with Gasteiger partial charge in [0, 0.05) is 18.5 Å². The first-order valence-electron chi connectivity index (χ1n) is 5.74. The van der Waals surface area contributed by atoms with Crippen LogP contribution in [0.1, 0.15) is 11.1 Å². The van der Waals surface area contributed by atoms with E-state index in [1.54, 1.807) is 30.1 Å². The van der Waals surface area contributed by atoms with Crippen LogP contribution in [0.15, 0.2) is 42.7 Å². The quantitative estimate of drug-likeness (QED) is 0.833. The summed E-state index contributed by atoms with van der Waals surface area (Å²) < 4.78 is 6.96. The smallest absolute Gasteiger partial charge is 0.328 e. The van der Waals surface area contributed by atoms with Gasteiger partial charge in [-0.1, -0.05) is 6.07 Å². The molecule has 1 N–H and O–H groups in total. The molecular weight excluding hydrogens is 244 g/mol. The number of aliphatic carboxylic acids is 1. The summed E-state index contributed by atoms with van der Waals surface area (Å²) in [4.78, 5) is 10.6. The largest absolute Gasteiger partial charge is 0.497 e. The van der Waals surface area contributed by atoms with Crippen LogP contribution in [0.5, 0.6) is 5.75 Å². The number of hydrogen-bond donors (Lipinski definition) is 1. The third-order valence-electron chi connectivity index (χ3n) is 2.65. The molecule has 0 aliphatic heterocycles. The molecule has 0 saturated carbocycles. The second-order valence-electron chi connectivity index (χ2n) is 3.94. The Kier molecular flexibility index (Phi) is 3.97. The molecule has 5 heteroatoms. The molecule has 0 saturated heterocycles. The van der Waals surface area contributed by atoms with E-state index in [1.165, 1.54) is 0 Å². The molecule has 1 heterocycles. The third-order valence-corrected chi connectivity index (χ3v) is 2.65. The van der Waals surface area contributed by atoms with Gasteiger partial charge in [0.25, 0.3) is 0 Å². The predicted octanol–water partition coefficient (Wildman–Crippen LogP) is 2.04. The standard InChI is InChI=1S/C14H14N2O3/c1-19-13-5-3-11(4-6-14(17)18)12(9-13)10-16-8-2-7-15-16/h2-9H,10H2,1H3,(H,17,18). The van der Waals surface area contributed by atoms with Crippen LogP contribution < -0.4 is 4.74 Å². The first-order valence-corrected chi connectivity index (χ1v) is 5.74. The first kappa shape index (κ1) is 12.9. The lowest BCUT2D eigenvalue weighted by Crippen LogP contribution is -2.02. The van der Waals surface area contributed by atoms with Gasteiger partial charge >= 0.3 is 5.97 Å². The molecule has 5 nitrogen and oxygen atoms in total. The van der Waals surface area contributed by atoms with Gasteiger partial charge in [-0.25, -0.2) is 4.79 Å². The summed E-state index contributed by atoms with van der Waals surface area (Å²) in [5.74, 6) is -0.240. The van der Waals surface area contributed by atoms with Crippen molar-refractivity contribution in [3.05, 3.63) is 53.9 Å². The molecule has 2 aromatic rings. The summed E-state index contributed by atoms with van der Waals surface area (Å²) in [6.45, 7) is 0.559. The minimum atomic E-state index is -0.971. The monoisotopic (exact) mass is 258 g/mol. The number of ether oxygens (including phenoxy) is 1. The molecule has 0 radical (unpaired) electrons. The van der Waals surface area contributed by atoms with Crippen molar-refractivity contribution in [2.75, 3.05) is 7.11 Å². The van der Waals surface area contributed by atoms with E-state index in [0.29, 0.717) is 6.54 Å². The van der Waals surface area contributed by atoms with Crippen LogP contribution in [0, 0.1) is 0 Å². The highest BCUT2D eigenvalue weighted by atomic mass is 16.5. The molecule has 0 aliphatic rings. The fourth-order valence-electron chi connectivity index (χ4n) is 1.74. The normalized spacial score (nSPS) is 10.8. The predicted molar refractivity (Wildman–Crippen MR) is 71.0 cm³/mol. The van der Waals surface area contributed by atoms with Crippen molar-refractivity contribution < 1.29 is 14.6 Å². The van der Waals surface area contributed by atoms with Crippen molar-refractivity contribution in [1.82, 2.24) is 9.78 Å². The van der Waals surface area contributed by atoms with Gasteiger partial charge in [0.2, 0.25) is 0 Å². The van der Waals surface area contributed by atoms with Crippen LogP contribution in [-0.4, -0.2) is 28.0 Å². The number of nitrogens with zero attached hydrogens (tertiary/aromatic N) is 2. The van der Waals surface area contributed by atoms with Crippen molar-refractivity contribution in [3.63, 3.8) is 0 Å². The molecule has 0 aliphatic carbocycles. The zero-order valence-electron chi connectivity index (χ0n) is 10.5. The molecular formula is C14H14N2O3. The third kappa shape index (κ3) is 3.45. The van der Waals surface area contributed by atoms with Crippen molar-refractivity contribution in [3.8, 4) is 5.75 Å². The Hall–Kier alpha value is -2.56. The highest BCUT2D eigenvalue weighted by Gasteiger charge is 2.04. The highest BCUT2D eigenvalue weighted by Crippen LogP contribution is 2.20. The SMILES string of the molecule is COc1ccc(C=CC(=O)O)c(Cn2cccn2)c1. The number of rotatable bonds is 5. The van der Waals surface area contributed by atoms with Crippen LogP contribution in [0.25, 0.3) is 6.08 Å². The molecule has 2 rings (SSSR count). The minimum Gasteiger partial charge on any atom is -0.497 e. The molecule has 1 aromatic heterocycles. The van der Waals surface area contributed by atoms with Gasteiger partial charge in [-0.3, -0.25) is 4.68 Å². The van der Waals surface area contributed by atoms with Gasteiger partial charge in [-0.15, -0.1) is 0 Å². The number of methoxy groups -OCH3 is 1. The zero-order chi connectivity index (χ0) is 13.7. The summed E-state index contributed by atoms with van der Waals surface area (Å²) in [7, 11) is 1.60. The lowest BCUT2D eigenvalue weighted by molar-refractivity contribution is -0.131. The number of carbonyl (C=O) groups is 1. The molecule has 0 spiro atoms. The Morgan fingerprint density at radius 3 is 3.00 bits per heavy atom. The summed E-state index contributed by atoms with van der Waals surface area (Å²) in [5.41, 5.74) is 1.78. The van der Waals surface area contributed by atoms with E-state index < -0.39 is 5.97 Å². The van der Waals surface area contributed by atoms with Gasteiger partial charge in [0.15, 0.2) is 0 Å². The highest BCUT2D eigenvalue weighted by molar-refractivity contribution is 5.85. The van der Waals surface area contributed by atoms with Gasteiger partial charge in [-0.2, -0.15) is 5.10 Å². The molecule has 0 fully saturated rings. The van der Waals surface area contributed by atoms with Crippen molar-refractivity contribution in [1.29, 1.82) is 0 Å². The Balaban J connectivity index is 2.33. The molecule has 0 unspecified atom stereocenters. The molecule has 1 aromatic carbocycles. The fourth-order valence-corrected chi connectivity index (χ4v) is 1.74. The van der Waals surface area contributed by atoms with Gasteiger partial charge in [0.1, 0.15) is 5.75 Å². The Morgan fingerprint density at radius 2 is 2.37 bits per heavy atom. The topological polar surface area (TPSA) is 64.3 Å². The van der Waals surface area contributed by atoms with Gasteiger partial charge in [-0.05, 0) is 35.4 Å². The van der Waals surface area contributed by atoms with Crippen LogP contribution in [0.2, 0.25) is 0 Å². The maximum absolute atomic E-state index is 10.6. The fraction of sp³-hybridized carbons (Fsp3) is 0.143. The maximum Gasteiger partial charge on any atom is 0.328 e. The number of aromatic nitrogens is 2. The lowest BCUT2D eigenvalue weighted by atomic mass is 10.1. The van der Waals surface area contributed by atoms with E-state index in [-0.39, 0.29) is 0 Å². The van der Waals surface area contributed by atoms with E-state index in [0.717, 1.165) is 23.0 Å². The van der Waals surface area contributed by atoms with Gasteiger partial charge in [0.05, 0.1) is 13.7 Å².